The highest BCUT2D eigenvalue weighted by Crippen LogP contribution is 2.62. The van der Waals surface area contributed by atoms with Crippen LogP contribution in [0, 0.1) is 34.0 Å². The largest absolute Gasteiger partial charge is 0.489 e. The van der Waals surface area contributed by atoms with Gasteiger partial charge >= 0.3 is 0 Å². The van der Waals surface area contributed by atoms with E-state index in [0.717, 1.165) is 24.1 Å². The van der Waals surface area contributed by atoms with Crippen LogP contribution in [0.1, 0.15) is 62.2 Å². The molecule has 1 heterocycles. The Kier molecular flexibility index (Phi) is 5.56. The van der Waals surface area contributed by atoms with Crippen molar-refractivity contribution in [3.8, 4) is 11.8 Å². The van der Waals surface area contributed by atoms with E-state index in [-0.39, 0.29) is 28.6 Å². The second kappa shape index (κ2) is 7.80. The van der Waals surface area contributed by atoms with Crippen molar-refractivity contribution in [3.63, 3.8) is 0 Å². The number of aromatic nitrogens is 1. The Morgan fingerprint density at radius 1 is 1.13 bits per heavy atom. The third-order valence-electron chi connectivity index (χ3n) is 7.28. The second-order valence-electron chi connectivity index (χ2n) is 9.92. The quantitative estimate of drug-likeness (QED) is 0.479. The van der Waals surface area contributed by atoms with Gasteiger partial charge in [0.15, 0.2) is 5.78 Å². The Bertz CT molecular complexity index is 1070. The first-order valence-corrected chi connectivity index (χ1v) is 11.4. The van der Waals surface area contributed by atoms with Crippen LogP contribution < -0.4 is 4.74 Å². The Morgan fingerprint density at radius 3 is 2.48 bits per heavy atom. The van der Waals surface area contributed by atoms with E-state index in [4.69, 9.17) is 33.2 Å². The summed E-state index contributed by atoms with van der Waals surface area (Å²) in [5.74, 6) is 1.25. The molecule has 4 rings (SSSR count). The summed E-state index contributed by atoms with van der Waals surface area (Å²) >= 11 is 12.2. The minimum absolute atomic E-state index is 0.00551. The molecule has 0 saturated heterocycles. The van der Waals surface area contributed by atoms with Gasteiger partial charge in [0, 0.05) is 34.8 Å². The molecule has 4 nitrogen and oxygen atoms in total. The van der Waals surface area contributed by atoms with E-state index in [1.165, 1.54) is 0 Å². The van der Waals surface area contributed by atoms with E-state index < -0.39 is 0 Å². The number of nitriles is 1. The second-order valence-corrected chi connectivity index (χ2v) is 10.7. The number of ether oxygens (including phenoxy) is 1. The summed E-state index contributed by atoms with van der Waals surface area (Å²) < 4.78 is 6.36. The van der Waals surface area contributed by atoms with Gasteiger partial charge in [-0.3, -0.25) is 4.79 Å². The van der Waals surface area contributed by atoms with Crippen LogP contribution in [-0.4, -0.2) is 16.9 Å². The van der Waals surface area contributed by atoms with E-state index in [1.54, 1.807) is 30.3 Å². The first-order chi connectivity index (χ1) is 14.6. The van der Waals surface area contributed by atoms with E-state index in [0.29, 0.717) is 33.8 Å². The predicted octanol–water partition coefficient (Wildman–Crippen LogP) is 6.53. The fourth-order valence-corrected chi connectivity index (χ4v) is 6.41. The van der Waals surface area contributed by atoms with E-state index in [1.807, 2.05) is 0 Å². The standard InChI is InChI=1S/C25H26Cl2N2O2/c1-24(2)20(9-6-14-11-19-17(22(14)30)8-10-21(27)29-19)25(3,4)23(24)31-16-7-5-15(13-28)18(26)12-16/h5,7-8,10,12,14,20,23H,6,9,11H2,1-4H3/t14?,20-,23-. The number of halogens is 2. The number of Topliss-reactive ketones (excluding diaryl/α,β-unsaturated/α-hetero) is 1. The molecule has 0 N–H and O–H groups in total. The smallest absolute Gasteiger partial charge is 0.168 e. The molecule has 1 atom stereocenters. The number of hydrogen-bond acceptors (Lipinski definition) is 4. The molecule has 162 valence electrons. The van der Waals surface area contributed by atoms with E-state index in [2.05, 4.69) is 38.7 Å². The van der Waals surface area contributed by atoms with Crippen molar-refractivity contribution in [3.05, 3.63) is 57.3 Å². The molecule has 1 fully saturated rings. The molecule has 2 aliphatic carbocycles. The third-order valence-corrected chi connectivity index (χ3v) is 7.81. The van der Waals surface area contributed by atoms with Gasteiger partial charge < -0.3 is 4.74 Å². The number of rotatable bonds is 5. The summed E-state index contributed by atoms with van der Waals surface area (Å²) in [5.41, 5.74) is 1.88. The van der Waals surface area contributed by atoms with Gasteiger partial charge in [-0.25, -0.2) is 4.98 Å². The van der Waals surface area contributed by atoms with Crippen LogP contribution in [0.3, 0.4) is 0 Å². The third kappa shape index (κ3) is 3.73. The van der Waals surface area contributed by atoms with Crippen molar-refractivity contribution >= 4 is 29.0 Å². The molecule has 1 aromatic carbocycles. The molecular weight excluding hydrogens is 431 g/mol. The molecule has 1 saturated carbocycles. The fraction of sp³-hybridized carbons (Fsp3) is 0.480. The Labute approximate surface area is 193 Å². The molecule has 2 aromatic rings. The number of hydrogen-bond donors (Lipinski definition) is 0. The molecular formula is C25H26Cl2N2O2. The number of ketones is 1. The number of nitrogens with zero attached hydrogens (tertiary/aromatic N) is 2. The molecule has 0 radical (unpaired) electrons. The average molecular weight is 457 g/mol. The van der Waals surface area contributed by atoms with Crippen molar-refractivity contribution in [1.82, 2.24) is 4.98 Å². The van der Waals surface area contributed by atoms with Crippen molar-refractivity contribution in [1.29, 1.82) is 5.26 Å². The highest BCUT2D eigenvalue weighted by molar-refractivity contribution is 6.31. The topological polar surface area (TPSA) is 63.0 Å². The number of carbonyl (C=O) groups excluding carboxylic acids is 1. The lowest BCUT2D eigenvalue weighted by Gasteiger charge is -2.63. The maximum absolute atomic E-state index is 12.8. The van der Waals surface area contributed by atoms with Gasteiger partial charge in [0.05, 0.1) is 16.3 Å². The number of pyridine rings is 1. The van der Waals surface area contributed by atoms with E-state index in [9.17, 15) is 4.79 Å². The first kappa shape index (κ1) is 22.1. The Hall–Kier alpha value is -2.09. The minimum atomic E-state index is -0.0556. The highest BCUT2D eigenvalue weighted by atomic mass is 35.5. The fourth-order valence-electron chi connectivity index (χ4n) is 6.03. The zero-order valence-corrected chi connectivity index (χ0v) is 19.7. The van der Waals surface area contributed by atoms with Crippen molar-refractivity contribution in [2.45, 2.75) is 53.1 Å². The highest BCUT2D eigenvalue weighted by Gasteiger charge is 2.62. The lowest BCUT2D eigenvalue weighted by atomic mass is 9.44. The lowest BCUT2D eigenvalue weighted by Crippen LogP contribution is -2.65. The number of fused-ring (bicyclic) bond motifs is 1. The van der Waals surface area contributed by atoms with Crippen molar-refractivity contribution in [2.75, 3.05) is 0 Å². The van der Waals surface area contributed by atoms with Gasteiger partial charge in [0.25, 0.3) is 0 Å². The van der Waals surface area contributed by atoms with Crippen LogP contribution in [0.4, 0.5) is 0 Å². The lowest BCUT2D eigenvalue weighted by molar-refractivity contribution is -0.201. The summed E-state index contributed by atoms with van der Waals surface area (Å²) in [5, 5.41) is 9.92. The Morgan fingerprint density at radius 2 is 1.84 bits per heavy atom. The van der Waals surface area contributed by atoms with Crippen molar-refractivity contribution < 1.29 is 9.53 Å². The average Bonchev–Trinajstić information content (AvgIpc) is 3.00. The predicted molar refractivity (Wildman–Crippen MR) is 122 cm³/mol. The van der Waals surface area contributed by atoms with Crippen LogP contribution >= 0.6 is 23.2 Å². The molecule has 2 aliphatic rings. The van der Waals surface area contributed by atoms with Gasteiger partial charge in [-0.2, -0.15) is 5.26 Å². The SMILES string of the molecule is CC1(C)[C@H](CCC2Cc3nc(Cl)ccc3C2=O)C(C)(C)[C@H]1Oc1ccc(C#N)c(Cl)c1. The molecule has 0 amide bonds. The molecule has 1 unspecified atom stereocenters. The molecule has 31 heavy (non-hydrogen) atoms. The van der Waals surface area contributed by atoms with Gasteiger partial charge in [-0.05, 0) is 43.0 Å². The van der Waals surface area contributed by atoms with Crippen molar-refractivity contribution in [2.24, 2.45) is 22.7 Å². The van der Waals surface area contributed by atoms with Gasteiger partial charge in [-0.1, -0.05) is 50.9 Å². The van der Waals surface area contributed by atoms with Crippen LogP contribution in [-0.2, 0) is 6.42 Å². The zero-order valence-electron chi connectivity index (χ0n) is 18.2. The van der Waals surface area contributed by atoms with Crippen LogP contribution in [0.5, 0.6) is 5.75 Å². The molecule has 6 heteroatoms. The summed E-state index contributed by atoms with van der Waals surface area (Å²) in [6.07, 6.45) is 2.46. The summed E-state index contributed by atoms with van der Waals surface area (Å²) in [4.78, 5) is 17.1. The molecule has 1 aromatic heterocycles. The maximum atomic E-state index is 12.8. The molecule has 0 spiro atoms. The maximum Gasteiger partial charge on any atom is 0.168 e. The minimum Gasteiger partial charge on any atom is -0.489 e. The monoisotopic (exact) mass is 456 g/mol. The number of carbonyl (C=O) groups is 1. The molecule has 0 bridgehead atoms. The van der Waals surface area contributed by atoms with Gasteiger partial charge in [0.1, 0.15) is 23.1 Å². The summed E-state index contributed by atoms with van der Waals surface area (Å²) in [6.45, 7) is 8.91. The first-order valence-electron chi connectivity index (χ1n) is 10.6. The van der Waals surface area contributed by atoms with Crippen LogP contribution in [0.25, 0.3) is 0 Å². The summed E-state index contributed by atoms with van der Waals surface area (Å²) in [7, 11) is 0. The number of benzene rings is 1. The zero-order chi connectivity index (χ0) is 22.6. The molecule has 0 aliphatic heterocycles. The summed E-state index contributed by atoms with van der Waals surface area (Å²) in [6, 6.07) is 10.8. The van der Waals surface area contributed by atoms with E-state index >= 15 is 0 Å². The Balaban J connectivity index is 1.43. The van der Waals surface area contributed by atoms with Crippen LogP contribution in [0.15, 0.2) is 30.3 Å². The van der Waals surface area contributed by atoms with Gasteiger partial charge in [-0.15, -0.1) is 0 Å². The normalized spacial score (nSPS) is 25.5. The van der Waals surface area contributed by atoms with Crippen LogP contribution in [0.2, 0.25) is 10.2 Å². The van der Waals surface area contributed by atoms with Gasteiger partial charge in [0.2, 0.25) is 0 Å².